The van der Waals surface area contributed by atoms with Crippen LogP contribution in [0.1, 0.15) is 29.3 Å². The van der Waals surface area contributed by atoms with Gasteiger partial charge in [-0.3, -0.25) is 4.79 Å². The Bertz CT molecular complexity index is 901. The van der Waals surface area contributed by atoms with Gasteiger partial charge in [-0.15, -0.1) is 10.2 Å². The first kappa shape index (κ1) is 18.4. The Morgan fingerprint density at radius 3 is 2.69 bits per heavy atom. The molecule has 0 aliphatic carbocycles. The third-order valence-corrected chi connectivity index (χ3v) is 4.47. The van der Waals surface area contributed by atoms with Gasteiger partial charge in [-0.05, 0) is 43.3 Å². The van der Waals surface area contributed by atoms with Crippen molar-refractivity contribution in [3.05, 3.63) is 70.8 Å². The van der Waals surface area contributed by atoms with Crippen molar-refractivity contribution in [2.45, 2.75) is 18.3 Å². The monoisotopic (exact) mass is 392 g/mol. The number of hydrogen-bond acceptors (Lipinski definition) is 6. The maximum absolute atomic E-state index is 13.6. The molecule has 0 unspecified atom stereocenters. The Labute approximate surface area is 158 Å². The molecule has 0 bridgehead atoms. The van der Waals surface area contributed by atoms with Crippen LogP contribution in [0.5, 0.6) is 5.75 Å². The van der Waals surface area contributed by atoms with E-state index in [2.05, 4.69) is 10.2 Å². The quantitative estimate of drug-likeness (QED) is 0.417. The summed E-state index contributed by atoms with van der Waals surface area (Å²) in [6, 6.07) is 12.7. The maximum atomic E-state index is 13.6. The third-order valence-electron chi connectivity index (χ3n) is 3.40. The summed E-state index contributed by atoms with van der Waals surface area (Å²) in [5, 5.41) is 8.58. The summed E-state index contributed by atoms with van der Waals surface area (Å²) >= 11 is 6.93. The average molecular weight is 393 g/mol. The fourth-order valence-corrected chi connectivity index (χ4v) is 2.86. The number of para-hydroxylation sites is 1. The van der Waals surface area contributed by atoms with Crippen LogP contribution in [0.4, 0.5) is 4.39 Å². The number of halogens is 2. The van der Waals surface area contributed by atoms with Crippen LogP contribution < -0.4 is 4.74 Å². The van der Waals surface area contributed by atoms with E-state index in [9.17, 15) is 9.18 Å². The maximum Gasteiger partial charge on any atom is 0.277 e. The molecule has 1 atom stereocenters. The van der Waals surface area contributed by atoms with Crippen LogP contribution in [-0.2, 0) is 0 Å². The predicted octanol–water partition coefficient (Wildman–Crippen LogP) is 4.98. The molecule has 0 radical (unpaired) electrons. The van der Waals surface area contributed by atoms with E-state index in [1.165, 1.54) is 12.1 Å². The third kappa shape index (κ3) is 4.62. The van der Waals surface area contributed by atoms with E-state index in [1.54, 1.807) is 43.3 Å². The zero-order valence-electron chi connectivity index (χ0n) is 13.7. The lowest BCUT2D eigenvalue weighted by molar-refractivity contribution is 0.102. The summed E-state index contributed by atoms with van der Waals surface area (Å²) in [5.41, 5.74) is 0.554. The van der Waals surface area contributed by atoms with Crippen LogP contribution in [0.2, 0.25) is 5.02 Å². The first-order chi connectivity index (χ1) is 12.5. The van der Waals surface area contributed by atoms with Gasteiger partial charge in [0.1, 0.15) is 0 Å². The van der Waals surface area contributed by atoms with Crippen LogP contribution in [0.3, 0.4) is 0 Å². The normalized spacial score (nSPS) is 12.0. The second-order valence-corrected chi connectivity index (χ2v) is 6.68. The van der Waals surface area contributed by atoms with E-state index >= 15 is 0 Å². The van der Waals surface area contributed by atoms with Crippen molar-refractivity contribution in [3.63, 3.8) is 0 Å². The van der Waals surface area contributed by atoms with E-state index in [0.29, 0.717) is 10.6 Å². The SMILES string of the molecule is C[C@H](Oc1ccccc1F)c1nnc(SCC(=O)c2ccc(Cl)cc2)o1. The van der Waals surface area contributed by atoms with Crippen LogP contribution in [0.25, 0.3) is 0 Å². The van der Waals surface area contributed by atoms with Crippen LogP contribution in [0, 0.1) is 5.82 Å². The number of Topliss-reactive ketones (excluding diaryl/α,β-unsaturated/α-hetero) is 1. The Kier molecular flexibility index (Phi) is 5.90. The number of thioether (sulfide) groups is 1. The van der Waals surface area contributed by atoms with Crippen molar-refractivity contribution in [2.75, 3.05) is 5.75 Å². The topological polar surface area (TPSA) is 65.2 Å². The minimum absolute atomic E-state index is 0.0814. The van der Waals surface area contributed by atoms with Crippen LogP contribution >= 0.6 is 23.4 Å². The summed E-state index contributed by atoms with van der Waals surface area (Å²) in [7, 11) is 0. The molecule has 0 saturated heterocycles. The van der Waals surface area contributed by atoms with Gasteiger partial charge in [-0.1, -0.05) is 35.5 Å². The number of rotatable bonds is 7. The van der Waals surface area contributed by atoms with Crippen molar-refractivity contribution >= 4 is 29.1 Å². The van der Waals surface area contributed by atoms with E-state index in [0.717, 1.165) is 11.8 Å². The van der Waals surface area contributed by atoms with E-state index < -0.39 is 11.9 Å². The van der Waals surface area contributed by atoms with Gasteiger partial charge in [0.05, 0.1) is 5.75 Å². The minimum Gasteiger partial charge on any atom is -0.478 e. The average Bonchev–Trinajstić information content (AvgIpc) is 3.11. The second-order valence-electron chi connectivity index (χ2n) is 5.32. The fourth-order valence-electron chi connectivity index (χ4n) is 2.07. The summed E-state index contributed by atoms with van der Waals surface area (Å²) in [4.78, 5) is 12.1. The Morgan fingerprint density at radius 1 is 1.23 bits per heavy atom. The molecule has 134 valence electrons. The highest BCUT2D eigenvalue weighted by molar-refractivity contribution is 7.99. The van der Waals surface area contributed by atoms with Crippen molar-refractivity contribution in [2.24, 2.45) is 0 Å². The number of carbonyl (C=O) groups is 1. The molecule has 0 spiro atoms. The molecule has 3 aromatic rings. The smallest absolute Gasteiger partial charge is 0.277 e. The second kappa shape index (κ2) is 8.33. The van der Waals surface area contributed by atoms with Gasteiger partial charge in [-0.2, -0.15) is 0 Å². The van der Waals surface area contributed by atoms with Crippen molar-refractivity contribution in [1.82, 2.24) is 10.2 Å². The first-order valence-electron chi connectivity index (χ1n) is 7.69. The van der Waals surface area contributed by atoms with E-state index in [-0.39, 0.29) is 28.4 Å². The standard InChI is InChI=1S/C18H14ClFN2O3S/c1-11(24-16-5-3-2-4-14(16)20)17-21-22-18(25-17)26-10-15(23)12-6-8-13(19)9-7-12/h2-9,11H,10H2,1H3/t11-/m0/s1. The molecule has 0 saturated carbocycles. The molecular formula is C18H14ClFN2O3S. The van der Waals surface area contributed by atoms with Crippen molar-refractivity contribution < 1.29 is 18.3 Å². The zero-order chi connectivity index (χ0) is 18.5. The molecule has 3 rings (SSSR count). The number of aromatic nitrogens is 2. The zero-order valence-corrected chi connectivity index (χ0v) is 15.3. The van der Waals surface area contributed by atoms with Crippen LogP contribution in [-0.4, -0.2) is 21.7 Å². The van der Waals surface area contributed by atoms with Crippen LogP contribution in [0.15, 0.2) is 58.2 Å². The van der Waals surface area contributed by atoms with Gasteiger partial charge in [0, 0.05) is 10.6 Å². The highest BCUT2D eigenvalue weighted by Gasteiger charge is 2.18. The van der Waals surface area contributed by atoms with E-state index in [1.807, 2.05) is 0 Å². The lowest BCUT2D eigenvalue weighted by atomic mass is 10.1. The summed E-state index contributed by atoms with van der Waals surface area (Å²) in [6.45, 7) is 1.67. The molecule has 0 N–H and O–H groups in total. The van der Waals surface area contributed by atoms with Gasteiger partial charge in [0.2, 0.25) is 0 Å². The van der Waals surface area contributed by atoms with Crippen molar-refractivity contribution in [1.29, 1.82) is 0 Å². The Balaban J connectivity index is 1.58. The molecule has 0 aliphatic rings. The van der Waals surface area contributed by atoms with E-state index in [4.69, 9.17) is 20.8 Å². The fraction of sp³-hybridized carbons (Fsp3) is 0.167. The number of ketones is 1. The molecule has 8 heteroatoms. The van der Waals surface area contributed by atoms with Crippen molar-refractivity contribution in [3.8, 4) is 5.75 Å². The van der Waals surface area contributed by atoms with Gasteiger partial charge in [-0.25, -0.2) is 4.39 Å². The summed E-state index contributed by atoms with van der Waals surface area (Å²) in [5.74, 6) is -0.102. The predicted molar refractivity (Wildman–Crippen MR) is 96.2 cm³/mol. The number of ether oxygens (including phenoxy) is 1. The molecule has 0 fully saturated rings. The molecule has 1 aromatic heterocycles. The Morgan fingerprint density at radius 2 is 1.96 bits per heavy atom. The Hall–Kier alpha value is -2.38. The molecular weight excluding hydrogens is 379 g/mol. The number of carbonyl (C=O) groups excluding carboxylic acids is 1. The first-order valence-corrected chi connectivity index (χ1v) is 9.05. The minimum atomic E-state index is -0.624. The number of hydrogen-bond donors (Lipinski definition) is 0. The number of benzene rings is 2. The highest BCUT2D eigenvalue weighted by Crippen LogP contribution is 2.26. The molecule has 26 heavy (non-hydrogen) atoms. The van der Waals surface area contributed by atoms with Gasteiger partial charge in [0.25, 0.3) is 11.1 Å². The molecule has 1 heterocycles. The largest absolute Gasteiger partial charge is 0.478 e. The number of nitrogens with zero attached hydrogens (tertiary/aromatic N) is 2. The van der Waals surface area contributed by atoms with Gasteiger partial charge >= 0.3 is 0 Å². The molecule has 0 aliphatic heterocycles. The lowest BCUT2D eigenvalue weighted by Gasteiger charge is -2.11. The molecule has 5 nitrogen and oxygen atoms in total. The van der Waals surface area contributed by atoms with Gasteiger partial charge < -0.3 is 9.15 Å². The van der Waals surface area contributed by atoms with Gasteiger partial charge in [0.15, 0.2) is 23.5 Å². The molecule has 2 aromatic carbocycles. The summed E-state index contributed by atoms with van der Waals surface area (Å²) < 4.78 is 24.6. The summed E-state index contributed by atoms with van der Waals surface area (Å²) in [6.07, 6.45) is -0.624. The molecule has 0 amide bonds. The highest BCUT2D eigenvalue weighted by atomic mass is 35.5. The lowest BCUT2D eigenvalue weighted by Crippen LogP contribution is -2.04.